The fourth-order valence-electron chi connectivity index (χ4n) is 1.14. The number of nitrogens with two attached hydrogens (primary N) is 1. The number of rotatable bonds is 7. The number of ether oxygens (including phenoxy) is 2. The van der Waals surface area contributed by atoms with Crippen molar-refractivity contribution >= 4 is 11.5 Å². The van der Waals surface area contributed by atoms with Crippen molar-refractivity contribution in [2.45, 2.75) is 13.3 Å². The van der Waals surface area contributed by atoms with Gasteiger partial charge in [0.05, 0.1) is 11.5 Å². The van der Waals surface area contributed by atoms with Gasteiger partial charge < -0.3 is 15.2 Å². The maximum Gasteiger partial charge on any atom is 0.311 e. The normalized spacial score (nSPS) is 10.2. The highest BCUT2D eigenvalue weighted by molar-refractivity contribution is 5.53. The van der Waals surface area contributed by atoms with Gasteiger partial charge in [-0.05, 0) is 6.42 Å². The SMILES string of the molecule is CCCOCCOc1ccc([N+](=O)[O-])c(N)n1. The predicted octanol–water partition coefficient (Wildman–Crippen LogP) is 1.38. The zero-order chi connectivity index (χ0) is 12.7. The van der Waals surface area contributed by atoms with Crippen molar-refractivity contribution in [2.75, 3.05) is 25.6 Å². The molecule has 1 aromatic rings. The first-order valence-electron chi connectivity index (χ1n) is 5.26. The van der Waals surface area contributed by atoms with E-state index in [0.717, 1.165) is 6.42 Å². The lowest BCUT2D eigenvalue weighted by atomic mass is 10.4. The van der Waals surface area contributed by atoms with E-state index in [1.54, 1.807) is 0 Å². The van der Waals surface area contributed by atoms with Gasteiger partial charge in [-0.3, -0.25) is 10.1 Å². The largest absolute Gasteiger partial charge is 0.475 e. The van der Waals surface area contributed by atoms with E-state index in [1.165, 1.54) is 12.1 Å². The van der Waals surface area contributed by atoms with E-state index in [4.69, 9.17) is 15.2 Å². The Hall–Kier alpha value is -1.89. The average molecular weight is 241 g/mol. The Morgan fingerprint density at radius 1 is 1.41 bits per heavy atom. The first-order chi connectivity index (χ1) is 8.15. The molecule has 0 atom stereocenters. The molecule has 1 aromatic heterocycles. The van der Waals surface area contributed by atoms with Gasteiger partial charge in [0, 0.05) is 18.7 Å². The molecule has 7 heteroatoms. The highest BCUT2D eigenvalue weighted by Gasteiger charge is 2.13. The molecule has 1 heterocycles. The third-order valence-electron chi connectivity index (χ3n) is 1.90. The van der Waals surface area contributed by atoms with Gasteiger partial charge in [-0.1, -0.05) is 6.92 Å². The molecule has 7 nitrogen and oxygen atoms in total. The van der Waals surface area contributed by atoms with Crippen molar-refractivity contribution in [2.24, 2.45) is 0 Å². The van der Waals surface area contributed by atoms with Gasteiger partial charge in [0.15, 0.2) is 0 Å². The first kappa shape index (κ1) is 13.2. The number of hydrogen-bond acceptors (Lipinski definition) is 6. The van der Waals surface area contributed by atoms with Crippen LogP contribution in [0.15, 0.2) is 12.1 Å². The maximum absolute atomic E-state index is 10.5. The molecule has 0 bridgehead atoms. The number of hydrogen-bond donors (Lipinski definition) is 1. The summed E-state index contributed by atoms with van der Waals surface area (Å²) in [4.78, 5) is 13.7. The summed E-state index contributed by atoms with van der Waals surface area (Å²) in [7, 11) is 0. The molecule has 0 fully saturated rings. The van der Waals surface area contributed by atoms with Crippen molar-refractivity contribution in [1.29, 1.82) is 0 Å². The molecule has 0 aliphatic rings. The number of pyridine rings is 1. The molecule has 0 saturated carbocycles. The van der Waals surface area contributed by atoms with Crippen LogP contribution < -0.4 is 10.5 Å². The van der Waals surface area contributed by atoms with E-state index in [9.17, 15) is 10.1 Å². The molecule has 0 aromatic carbocycles. The summed E-state index contributed by atoms with van der Waals surface area (Å²) >= 11 is 0. The fourth-order valence-corrected chi connectivity index (χ4v) is 1.14. The van der Waals surface area contributed by atoms with Gasteiger partial charge in [0.2, 0.25) is 11.7 Å². The summed E-state index contributed by atoms with van der Waals surface area (Å²) in [5, 5.41) is 10.5. The predicted molar refractivity (Wildman–Crippen MR) is 61.9 cm³/mol. The van der Waals surface area contributed by atoms with Gasteiger partial charge in [0.1, 0.15) is 6.61 Å². The maximum atomic E-state index is 10.5. The number of nitro groups is 1. The number of nitrogens with zero attached hydrogens (tertiary/aromatic N) is 2. The quantitative estimate of drug-likeness (QED) is 0.439. The minimum absolute atomic E-state index is 0.151. The van der Waals surface area contributed by atoms with Crippen LogP contribution in [-0.2, 0) is 4.74 Å². The van der Waals surface area contributed by atoms with Crippen LogP contribution in [0.5, 0.6) is 5.88 Å². The molecular weight excluding hydrogens is 226 g/mol. The van der Waals surface area contributed by atoms with Gasteiger partial charge in [0.25, 0.3) is 0 Å². The molecular formula is C10H15N3O4. The van der Waals surface area contributed by atoms with Crippen LogP contribution in [0.25, 0.3) is 0 Å². The molecule has 0 aliphatic carbocycles. The summed E-state index contributed by atoms with van der Waals surface area (Å²) in [5.74, 6) is 0.107. The Balaban J connectivity index is 2.45. The Morgan fingerprint density at radius 2 is 2.18 bits per heavy atom. The van der Waals surface area contributed by atoms with Crippen LogP contribution in [0, 0.1) is 10.1 Å². The Morgan fingerprint density at radius 3 is 2.76 bits per heavy atom. The van der Waals surface area contributed by atoms with Crippen LogP contribution >= 0.6 is 0 Å². The molecule has 0 saturated heterocycles. The second kappa shape index (κ2) is 6.64. The summed E-state index contributed by atoms with van der Waals surface area (Å²) in [6, 6.07) is 2.68. The Kier molecular flexibility index (Phi) is 5.15. The molecule has 0 aliphatic heterocycles. The minimum atomic E-state index is -0.587. The van der Waals surface area contributed by atoms with Crippen LogP contribution in [0.3, 0.4) is 0 Å². The van der Waals surface area contributed by atoms with Gasteiger partial charge in [-0.15, -0.1) is 0 Å². The first-order valence-corrected chi connectivity index (χ1v) is 5.26. The Labute approximate surface area is 98.7 Å². The smallest absolute Gasteiger partial charge is 0.311 e. The molecule has 1 rings (SSSR count). The molecule has 94 valence electrons. The Bertz CT molecular complexity index is 384. The van der Waals surface area contributed by atoms with Crippen LogP contribution in [0.4, 0.5) is 11.5 Å². The number of anilines is 1. The topological polar surface area (TPSA) is 101 Å². The van der Waals surface area contributed by atoms with E-state index in [2.05, 4.69) is 4.98 Å². The third-order valence-corrected chi connectivity index (χ3v) is 1.90. The lowest BCUT2D eigenvalue weighted by molar-refractivity contribution is -0.384. The summed E-state index contributed by atoms with van der Waals surface area (Å²) < 4.78 is 10.4. The van der Waals surface area contributed by atoms with Crippen molar-refractivity contribution in [3.8, 4) is 5.88 Å². The van der Waals surface area contributed by atoms with Crippen molar-refractivity contribution in [3.63, 3.8) is 0 Å². The minimum Gasteiger partial charge on any atom is -0.475 e. The van der Waals surface area contributed by atoms with Crippen molar-refractivity contribution in [3.05, 3.63) is 22.2 Å². The second-order valence-corrected chi connectivity index (χ2v) is 3.27. The van der Waals surface area contributed by atoms with E-state index in [1.807, 2.05) is 6.92 Å². The van der Waals surface area contributed by atoms with E-state index in [-0.39, 0.29) is 17.4 Å². The average Bonchev–Trinajstić information content (AvgIpc) is 2.28. The second-order valence-electron chi connectivity index (χ2n) is 3.27. The lowest BCUT2D eigenvalue weighted by Gasteiger charge is -2.06. The third kappa shape index (κ3) is 4.23. The monoisotopic (exact) mass is 241 g/mol. The lowest BCUT2D eigenvalue weighted by Crippen LogP contribution is -2.08. The molecule has 2 N–H and O–H groups in total. The van der Waals surface area contributed by atoms with E-state index in [0.29, 0.717) is 19.8 Å². The molecule has 17 heavy (non-hydrogen) atoms. The van der Waals surface area contributed by atoms with E-state index < -0.39 is 4.92 Å². The van der Waals surface area contributed by atoms with Crippen LogP contribution in [-0.4, -0.2) is 29.7 Å². The highest BCUT2D eigenvalue weighted by atomic mass is 16.6. The number of nitrogen functional groups attached to an aromatic ring is 1. The summed E-state index contributed by atoms with van der Waals surface area (Å²) in [6.45, 7) is 3.48. The molecule has 0 amide bonds. The zero-order valence-corrected chi connectivity index (χ0v) is 9.59. The van der Waals surface area contributed by atoms with E-state index >= 15 is 0 Å². The fraction of sp³-hybridized carbons (Fsp3) is 0.500. The molecule has 0 spiro atoms. The summed E-state index contributed by atoms with van der Waals surface area (Å²) in [6.07, 6.45) is 0.947. The zero-order valence-electron chi connectivity index (χ0n) is 9.59. The number of aromatic nitrogens is 1. The van der Waals surface area contributed by atoms with Gasteiger partial charge >= 0.3 is 5.69 Å². The van der Waals surface area contributed by atoms with Gasteiger partial charge in [-0.25, -0.2) is 0 Å². The summed E-state index contributed by atoms with van der Waals surface area (Å²) in [5.41, 5.74) is 5.19. The highest BCUT2D eigenvalue weighted by Crippen LogP contribution is 2.21. The molecule has 0 radical (unpaired) electrons. The van der Waals surface area contributed by atoms with Crippen LogP contribution in [0.1, 0.15) is 13.3 Å². The standard InChI is InChI=1S/C10H15N3O4/c1-2-5-16-6-7-17-9-4-3-8(13(14)15)10(11)12-9/h3-4H,2,5-7H2,1H3,(H2,11,12). The van der Waals surface area contributed by atoms with Gasteiger partial charge in [-0.2, -0.15) is 4.98 Å². The van der Waals surface area contributed by atoms with Crippen molar-refractivity contribution < 1.29 is 14.4 Å². The molecule has 0 unspecified atom stereocenters. The van der Waals surface area contributed by atoms with Crippen LogP contribution in [0.2, 0.25) is 0 Å². The van der Waals surface area contributed by atoms with Crippen molar-refractivity contribution in [1.82, 2.24) is 4.98 Å².